The van der Waals surface area contributed by atoms with Crippen LogP contribution in [0.4, 0.5) is 0 Å². The number of nitrogens with two attached hydrogens (primary N) is 1. The fourth-order valence-corrected chi connectivity index (χ4v) is 3.11. The van der Waals surface area contributed by atoms with Crippen LogP contribution in [0.5, 0.6) is 0 Å². The largest absolute Gasteiger partial charge is 0.375 e. The highest BCUT2D eigenvalue weighted by Gasteiger charge is 2.60. The molecule has 1 fully saturated rings. The van der Waals surface area contributed by atoms with Gasteiger partial charge in [-0.25, -0.2) is 12.7 Å². The van der Waals surface area contributed by atoms with Crippen LogP contribution in [0.15, 0.2) is 0 Å². The Kier molecular flexibility index (Phi) is 3.61. The molecule has 1 amide bonds. The molecule has 0 spiro atoms. The monoisotopic (exact) mass is 250 g/mol. The topological polar surface area (TPSA) is 89.7 Å². The molecule has 1 rings (SSSR count). The molecule has 1 heterocycles. The Labute approximate surface area is 95.8 Å². The fraction of sp³-hybridized carbons (Fsp3) is 0.889. The number of sulfonamides is 1. The van der Waals surface area contributed by atoms with Gasteiger partial charge in [0, 0.05) is 13.2 Å². The minimum Gasteiger partial charge on any atom is -0.375 e. The second-order valence-electron chi connectivity index (χ2n) is 4.16. The normalized spacial score (nSPS) is 24.0. The second kappa shape index (κ2) is 4.31. The van der Waals surface area contributed by atoms with Gasteiger partial charge in [0.25, 0.3) is 15.9 Å². The minimum atomic E-state index is -3.52. The van der Waals surface area contributed by atoms with Crippen molar-refractivity contribution in [2.45, 2.75) is 31.6 Å². The van der Waals surface area contributed by atoms with Crippen LogP contribution >= 0.6 is 0 Å². The van der Waals surface area contributed by atoms with Crippen molar-refractivity contribution < 1.29 is 17.9 Å². The van der Waals surface area contributed by atoms with Crippen LogP contribution in [-0.2, 0) is 19.6 Å². The van der Waals surface area contributed by atoms with E-state index in [0.717, 1.165) is 4.31 Å². The lowest BCUT2D eigenvalue weighted by atomic mass is 10.2. The average Bonchev–Trinajstić information content (AvgIpc) is 2.22. The number of amides is 1. The van der Waals surface area contributed by atoms with E-state index in [2.05, 4.69) is 0 Å². The first-order valence-corrected chi connectivity index (χ1v) is 6.61. The van der Waals surface area contributed by atoms with Gasteiger partial charge in [0.15, 0.2) is 4.75 Å². The molecule has 94 valence electrons. The second-order valence-corrected chi connectivity index (χ2v) is 6.58. The SMILES string of the molecule is CCOC(CN)CN1C(=O)C(C)(C)S1(=O)=O. The van der Waals surface area contributed by atoms with E-state index in [4.69, 9.17) is 10.5 Å². The van der Waals surface area contributed by atoms with Crippen molar-refractivity contribution in [2.75, 3.05) is 19.7 Å². The van der Waals surface area contributed by atoms with E-state index in [1.807, 2.05) is 0 Å². The zero-order valence-electron chi connectivity index (χ0n) is 9.76. The molecule has 0 saturated carbocycles. The number of carbonyl (C=O) groups excluding carboxylic acids is 1. The number of ether oxygens (including phenoxy) is 1. The molecule has 0 aromatic heterocycles. The van der Waals surface area contributed by atoms with Crippen molar-refractivity contribution in [3.63, 3.8) is 0 Å². The molecule has 1 unspecified atom stereocenters. The third-order valence-electron chi connectivity index (χ3n) is 2.71. The average molecular weight is 250 g/mol. The summed E-state index contributed by atoms with van der Waals surface area (Å²) in [6.07, 6.45) is -0.431. The van der Waals surface area contributed by atoms with Crippen LogP contribution in [0.3, 0.4) is 0 Å². The number of hydrogen-bond acceptors (Lipinski definition) is 5. The van der Waals surface area contributed by atoms with Crippen LogP contribution in [0.25, 0.3) is 0 Å². The number of carbonyl (C=O) groups is 1. The molecule has 0 aromatic rings. The van der Waals surface area contributed by atoms with Gasteiger partial charge >= 0.3 is 0 Å². The zero-order chi connectivity index (χ0) is 12.6. The Hall–Kier alpha value is -0.660. The zero-order valence-corrected chi connectivity index (χ0v) is 10.6. The molecule has 0 bridgehead atoms. The van der Waals surface area contributed by atoms with Crippen molar-refractivity contribution in [3.8, 4) is 0 Å². The molecular formula is C9H18N2O4S. The third kappa shape index (κ3) is 1.83. The maximum atomic E-state index is 11.7. The fourth-order valence-electron chi connectivity index (χ4n) is 1.55. The Morgan fingerprint density at radius 2 is 2.06 bits per heavy atom. The summed E-state index contributed by atoms with van der Waals surface area (Å²) in [5.41, 5.74) is 5.43. The standard InChI is InChI=1S/C9H18N2O4S/c1-4-15-7(5-10)6-11-8(12)9(2,3)16(11,13)14/h7H,4-6,10H2,1-3H3. The molecular weight excluding hydrogens is 232 g/mol. The molecule has 0 aromatic carbocycles. The predicted molar refractivity (Wildman–Crippen MR) is 59.2 cm³/mol. The summed E-state index contributed by atoms with van der Waals surface area (Å²) in [5, 5.41) is 0. The lowest BCUT2D eigenvalue weighted by Crippen LogP contribution is -2.68. The molecule has 2 N–H and O–H groups in total. The number of nitrogens with zero attached hydrogens (tertiary/aromatic N) is 1. The summed E-state index contributed by atoms with van der Waals surface area (Å²) in [6, 6.07) is 0. The van der Waals surface area contributed by atoms with Gasteiger partial charge in [0.05, 0.1) is 12.6 Å². The van der Waals surface area contributed by atoms with Gasteiger partial charge in [-0.05, 0) is 20.8 Å². The van der Waals surface area contributed by atoms with Crippen LogP contribution in [0.2, 0.25) is 0 Å². The van der Waals surface area contributed by atoms with Crippen LogP contribution in [0.1, 0.15) is 20.8 Å². The van der Waals surface area contributed by atoms with E-state index in [1.165, 1.54) is 13.8 Å². The first kappa shape index (κ1) is 13.4. The lowest BCUT2D eigenvalue weighted by Gasteiger charge is -2.44. The number of rotatable bonds is 5. The summed E-state index contributed by atoms with van der Waals surface area (Å²) in [4.78, 5) is 11.6. The van der Waals surface area contributed by atoms with Crippen molar-refractivity contribution in [1.82, 2.24) is 4.31 Å². The molecule has 16 heavy (non-hydrogen) atoms. The number of hydrogen-bond donors (Lipinski definition) is 1. The molecule has 1 aliphatic heterocycles. The summed E-state index contributed by atoms with van der Waals surface area (Å²) in [7, 11) is -3.52. The summed E-state index contributed by atoms with van der Waals surface area (Å²) in [5.74, 6) is -0.398. The molecule has 1 atom stereocenters. The van der Waals surface area contributed by atoms with E-state index in [1.54, 1.807) is 6.92 Å². The molecule has 1 aliphatic rings. The van der Waals surface area contributed by atoms with E-state index in [0.29, 0.717) is 6.61 Å². The van der Waals surface area contributed by atoms with E-state index < -0.39 is 26.8 Å². The quantitative estimate of drug-likeness (QED) is 0.697. The van der Waals surface area contributed by atoms with Gasteiger partial charge in [-0.1, -0.05) is 0 Å². The van der Waals surface area contributed by atoms with Gasteiger partial charge < -0.3 is 10.5 Å². The summed E-state index contributed by atoms with van der Waals surface area (Å²) < 4.78 is 28.3. The first-order chi connectivity index (χ1) is 7.29. The highest BCUT2D eigenvalue weighted by Crippen LogP contribution is 2.34. The Balaban J connectivity index is 2.74. The molecule has 0 aliphatic carbocycles. The van der Waals surface area contributed by atoms with Crippen molar-refractivity contribution in [2.24, 2.45) is 5.73 Å². The van der Waals surface area contributed by atoms with Crippen LogP contribution < -0.4 is 5.73 Å². The predicted octanol–water partition coefficient (Wildman–Crippen LogP) is -0.699. The highest BCUT2D eigenvalue weighted by molar-refractivity contribution is 7.94. The highest BCUT2D eigenvalue weighted by atomic mass is 32.2. The molecule has 0 radical (unpaired) electrons. The van der Waals surface area contributed by atoms with Gasteiger partial charge in [-0.3, -0.25) is 4.79 Å². The Morgan fingerprint density at radius 3 is 2.44 bits per heavy atom. The lowest BCUT2D eigenvalue weighted by molar-refractivity contribution is -0.133. The summed E-state index contributed by atoms with van der Waals surface area (Å²) >= 11 is 0. The molecule has 1 saturated heterocycles. The van der Waals surface area contributed by atoms with Crippen LogP contribution in [0, 0.1) is 0 Å². The Morgan fingerprint density at radius 1 is 1.50 bits per heavy atom. The van der Waals surface area contributed by atoms with Gasteiger partial charge in [0.2, 0.25) is 0 Å². The maximum Gasteiger partial charge on any atom is 0.258 e. The van der Waals surface area contributed by atoms with E-state index >= 15 is 0 Å². The maximum absolute atomic E-state index is 11.7. The smallest absolute Gasteiger partial charge is 0.258 e. The third-order valence-corrected chi connectivity index (χ3v) is 5.07. The van der Waals surface area contributed by atoms with Crippen molar-refractivity contribution in [3.05, 3.63) is 0 Å². The Bertz CT molecular complexity index is 377. The summed E-state index contributed by atoms with van der Waals surface area (Å²) in [6.45, 7) is 5.23. The van der Waals surface area contributed by atoms with Crippen molar-refractivity contribution >= 4 is 15.9 Å². The van der Waals surface area contributed by atoms with E-state index in [9.17, 15) is 13.2 Å². The minimum absolute atomic E-state index is 0.00887. The first-order valence-electron chi connectivity index (χ1n) is 5.17. The van der Waals surface area contributed by atoms with Crippen molar-refractivity contribution in [1.29, 1.82) is 0 Å². The van der Waals surface area contributed by atoms with E-state index in [-0.39, 0.29) is 13.1 Å². The molecule has 6 nitrogen and oxygen atoms in total. The van der Waals surface area contributed by atoms with Crippen LogP contribution in [-0.4, -0.2) is 49.2 Å². The van der Waals surface area contributed by atoms with Gasteiger partial charge in [-0.2, -0.15) is 0 Å². The molecule has 7 heteroatoms. The van der Waals surface area contributed by atoms with Gasteiger partial charge in [-0.15, -0.1) is 0 Å². The van der Waals surface area contributed by atoms with Gasteiger partial charge in [0.1, 0.15) is 0 Å².